The van der Waals surface area contributed by atoms with Crippen LogP contribution in [0.5, 0.6) is 0 Å². The predicted octanol–water partition coefficient (Wildman–Crippen LogP) is 3.02. The van der Waals surface area contributed by atoms with Gasteiger partial charge in [0.05, 0.1) is 5.56 Å². The number of hydrogen-bond acceptors (Lipinski definition) is 1. The average molecular weight is 232 g/mol. The molecule has 0 spiro atoms. The summed E-state index contributed by atoms with van der Waals surface area (Å²) in [7, 11) is 0. The van der Waals surface area contributed by atoms with Crippen molar-refractivity contribution < 1.29 is 9.18 Å². The van der Waals surface area contributed by atoms with Crippen molar-refractivity contribution in [3.63, 3.8) is 0 Å². The van der Waals surface area contributed by atoms with Crippen molar-refractivity contribution in [2.75, 3.05) is 5.32 Å². The number of aromatic nitrogens is 1. The molecule has 0 aliphatic rings. The zero-order valence-electron chi connectivity index (χ0n) is 9.67. The molecule has 2 rings (SSSR count). The zero-order chi connectivity index (χ0) is 12.4. The highest BCUT2D eigenvalue weighted by Gasteiger charge is 2.11. The minimum atomic E-state index is -0.371. The summed E-state index contributed by atoms with van der Waals surface area (Å²) in [5.74, 6) is -0.609. The van der Waals surface area contributed by atoms with E-state index < -0.39 is 0 Å². The van der Waals surface area contributed by atoms with E-state index in [-0.39, 0.29) is 11.7 Å². The highest BCUT2D eigenvalue weighted by Crippen LogP contribution is 2.14. The van der Waals surface area contributed by atoms with Crippen LogP contribution in [0.1, 0.15) is 21.7 Å². The van der Waals surface area contributed by atoms with Gasteiger partial charge in [-0.2, -0.15) is 0 Å². The lowest BCUT2D eigenvalue weighted by Gasteiger charge is -2.04. The van der Waals surface area contributed by atoms with Crippen LogP contribution in [0.2, 0.25) is 0 Å². The normalized spacial score (nSPS) is 10.3. The molecule has 88 valence electrons. The van der Waals surface area contributed by atoms with E-state index >= 15 is 0 Å². The Morgan fingerprint density at radius 2 is 2.06 bits per heavy atom. The molecule has 2 aromatic rings. The fourth-order valence-corrected chi connectivity index (χ4v) is 1.72. The van der Waals surface area contributed by atoms with E-state index in [1.54, 1.807) is 18.2 Å². The summed E-state index contributed by atoms with van der Waals surface area (Å²) < 4.78 is 12.9. The summed E-state index contributed by atoms with van der Waals surface area (Å²) in [5, 5.41) is 2.65. The molecule has 1 aromatic heterocycles. The van der Waals surface area contributed by atoms with Crippen molar-refractivity contribution in [2.45, 2.75) is 13.8 Å². The van der Waals surface area contributed by atoms with Gasteiger partial charge in [-0.05, 0) is 38.1 Å². The van der Waals surface area contributed by atoms with Gasteiger partial charge in [-0.3, -0.25) is 4.79 Å². The number of aromatic amines is 1. The average Bonchev–Trinajstić information content (AvgIpc) is 2.58. The van der Waals surface area contributed by atoms with Crippen molar-refractivity contribution in [3.05, 3.63) is 53.1 Å². The number of hydrogen-bond donors (Lipinski definition) is 2. The summed E-state index contributed by atoms with van der Waals surface area (Å²) in [6.45, 7) is 3.71. The summed E-state index contributed by atoms with van der Waals surface area (Å²) in [6.07, 6.45) is 0. The number of amides is 1. The standard InChI is InChI=1S/C13H13FN2O/c1-8-6-12(9(2)15-8)13(17)16-11-5-3-4-10(14)7-11/h3-7,15H,1-2H3,(H,16,17). The van der Waals surface area contributed by atoms with Crippen molar-refractivity contribution >= 4 is 11.6 Å². The second-order valence-corrected chi connectivity index (χ2v) is 3.96. The van der Waals surface area contributed by atoms with E-state index in [1.165, 1.54) is 12.1 Å². The molecule has 17 heavy (non-hydrogen) atoms. The molecule has 4 heteroatoms. The number of nitrogens with one attached hydrogen (secondary N) is 2. The third kappa shape index (κ3) is 2.53. The fourth-order valence-electron chi connectivity index (χ4n) is 1.72. The number of carbonyl (C=O) groups is 1. The van der Waals surface area contributed by atoms with E-state index in [9.17, 15) is 9.18 Å². The van der Waals surface area contributed by atoms with Crippen molar-refractivity contribution in [2.24, 2.45) is 0 Å². The first-order valence-electron chi connectivity index (χ1n) is 5.29. The third-order valence-corrected chi connectivity index (χ3v) is 2.48. The smallest absolute Gasteiger partial charge is 0.257 e. The Morgan fingerprint density at radius 1 is 1.29 bits per heavy atom. The minimum absolute atomic E-state index is 0.238. The lowest BCUT2D eigenvalue weighted by atomic mass is 10.2. The second-order valence-electron chi connectivity index (χ2n) is 3.96. The number of halogens is 1. The van der Waals surface area contributed by atoms with Gasteiger partial charge in [0.1, 0.15) is 5.82 Å². The van der Waals surface area contributed by atoms with Gasteiger partial charge in [-0.1, -0.05) is 6.07 Å². The minimum Gasteiger partial charge on any atom is -0.362 e. The summed E-state index contributed by atoms with van der Waals surface area (Å²) in [5.41, 5.74) is 2.75. The van der Waals surface area contributed by atoms with Gasteiger partial charge in [0, 0.05) is 17.1 Å². The van der Waals surface area contributed by atoms with E-state index in [0.29, 0.717) is 11.3 Å². The van der Waals surface area contributed by atoms with Gasteiger partial charge in [0.15, 0.2) is 0 Å². The first-order chi connectivity index (χ1) is 8.06. The summed E-state index contributed by atoms with van der Waals surface area (Å²) >= 11 is 0. The fraction of sp³-hybridized carbons (Fsp3) is 0.154. The Hall–Kier alpha value is -2.10. The molecule has 0 atom stereocenters. The maximum Gasteiger partial charge on any atom is 0.257 e. The molecule has 0 radical (unpaired) electrons. The number of carbonyl (C=O) groups excluding carboxylic acids is 1. The first-order valence-corrected chi connectivity index (χ1v) is 5.29. The van der Waals surface area contributed by atoms with Gasteiger partial charge < -0.3 is 10.3 Å². The largest absolute Gasteiger partial charge is 0.362 e. The molecule has 0 saturated heterocycles. The van der Waals surface area contributed by atoms with Crippen LogP contribution in [0.3, 0.4) is 0 Å². The lowest BCUT2D eigenvalue weighted by Crippen LogP contribution is -2.12. The molecule has 1 amide bonds. The third-order valence-electron chi connectivity index (χ3n) is 2.48. The molecule has 1 heterocycles. The van der Waals surface area contributed by atoms with Crippen molar-refractivity contribution in [3.8, 4) is 0 Å². The van der Waals surface area contributed by atoms with Gasteiger partial charge in [-0.25, -0.2) is 4.39 Å². The maximum atomic E-state index is 12.9. The molecule has 0 aliphatic heterocycles. The number of rotatable bonds is 2. The monoisotopic (exact) mass is 232 g/mol. The first kappa shape index (κ1) is 11.4. The summed E-state index contributed by atoms with van der Waals surface area (Å²) in [4.78, 5) is 15.0. The number of H-pyrrole nitrogens is 1. The molecular formula is C13H13FN2O. The van der Waals surface area contributed by atoms with E-state index in [1.807, 2.05) is 13.8 Å². The van der Waals surface area contributed by atoms with E-state index in [4.69, 9.17) is 0 Å². The quantitative estimate of drug-likeness (QED) is 0.821. The molecular weight excluding hydrogens is 219 g/mol. The Kier molecular flexibility index (Phi) is 2.95. The highest BCUT2D eigenvalue weighted by atomic mass is 19.1. The molecule has 0 fully saturated rings. The maximum absolute atomic E-state index is 12.9. The molecule has 3 nitrogen and oxygen atoms in total. The van der Waals surface area contributed by atoms with Crippen LogP contribution in [0, 0.1) is 19.7 Å². The molecule has 1 aromatic carbocycles. The molecule has 0 saturated carbocycles. The van der Waals surface area contributed by atoms with Crippen LogP contribution in [0.25, 0.3) is 0 Å². The topological polar surface area (TPSA) is 44.9 Å². The molecule has 0 aliphatic carbocycles. The van der Waals surface area contributed by atoms with Gasteiger partial charge in [-0.15, -0.1) is 0 Å². The number of benzene rings is 1. The van der Waals surface area contributed by atoms with Crippen LogP contribution in [0.4, 0.5) is 10.1 Å². The Labute approximate surface area is 98.7 Å². The van der Waals surface area contributed by atoms with Gasteiger partial charge in [0.2, 0.25) is 0 Å². The zero-order valence-corrected chi connectivity index (χ0v) is 9.67. The lowest BCUT2D eigenvalue weighted by molar-refractivity contribution is 0.102. The molecule has 2 N–H and O–H groups in total. The number of anilines is 1. The van der Waals surface area contributed by atoms with E-state index in [0.717, 1.165) is 11.4 Å². The van der Waals surface area contributed by atoms with Crippen LogP contribution >= 0.6 is 0 Å². The van der Waals surface area contributed by atoms with Gasteiger partial charge in [0.25, 0.3) is 5.91 Å². The number of aryl methyl sites for hydroxylation is 2. The van der Waals surface area contributed by atoms with Crippen LogP contribution < -0.4 is 5.32 Å². The predicted molar refractivity (Wildman–Crippen MR) is 64.6 cm³/mol. The Balaban J connectivity index is 2.20. The Morgan fingerprint density at radius 3 is 2.65 bits per heavy atom. The van der Waals surface area contributed by atoms with Crippen LogP contribution in [-0.2, 0) is 0 Å². The molecule has 0 bridgehead atoms. The molecule has 0 unspecified atom stereocenters. The van der Waals surface area contributed by atoms with Crippen LogP contribution in [-0.4, -0.2) is 10.9 Å². The van der Waals surface area contributed by atoms with Gasteiger partial charge >= 0.3 is 0 Å². The van der Waals surface area contributed by atoms with Crippen molar-refractivity contribution in [1.29, 1.82) is 0 Å². The Bertz CT molecular complexity index is 560. The SMILES string of the molecule is Cc1cc(C(=O)Nc2cccc(F)c2)c(C)[nH]1. The second kappa shape index (κ2) is 4.41. The highest BCUT2D eigenvalue weighted by molar-refractivity contribution is 6.05. The summed E-state index contributed by atoms with van der Waals surface area (Å²) in [6, 6.07) is 7.59. The van der Waals surface area contributed by atoms with E-state index in [2.05, 4.69) is 10.3 Å². The van der Waals surface area contributed by atoms with Crippen molar-refractivity contribution in [1.82, 2.24) is 4.98 Å². The van der Waals surface area contributed by atoms with Crippen LogP contribution in [0.15, 0.2) is 30.3 Å².